The molecule has 3 aromatic rings. The Kier molecular flexibility index (Phi) is 4.70. The van der Waals surface area contributed by atoms with Gasteiger partial charge in [0, 0.05) is 24.5 Å². The van der Waals surface area contributed by atoms with Crippen LogP contribution in [0.15, 0.2) is 42.5 Å². The van der Waals surface area contributed by atoms with Crippen molar-refractivity contribution in [1.29, 1.82) is 0 Å². The molecule has 0 saturated heterocycles. The lowest BCUT2D eigenvalue weighted by Crippen LogP contribution is -2.24. The molecule has 7 heteroatoms. The molecule has 0 spiro atoms. The maximum atomic E-state index is 12.5. The van der Waals surface area contributed by atoms with Gasteiger partial charge in [-0.25, -0.2) is 4.79 Å². The summed E-state index contributed by atoms with van der Waals surface area (Å²) >= 11 is 12.2. The van der Waals surface area contributed by atoms with Crippen LogP contribution in [-0.4, -0.2) is 21.6 Å². The first-order valence-corrected chi connectivity index (χ1v) is 8.18. The average Bonchev–Trinajstić information content (AvgIpc) is 2.94. The molecule has 2 aromatic carbocycles. The quantitative estimate of drug-likeness (QED) is 0.719. The van der Waals surface area contributed by atoms with Crippen molar-refractivity contribution in [2.45, 2.75) is 6.54 Å². The van der Waals surface area contributed by atoms with Crippen LogP contribution >= 0.6 is 23.2 Å². The molecule has 0 radical (unpaired) electrons. The molecule has 0 bridgehead atoms. The summed E-state index contributed by atoms with van der Waals surface area (Å²) < 4.78 is 1.75. The minimum atomic E-state index is -0.985. The molecule has 128 valence electrons. The lowest BCUT2D eigenvalue weighted by molar-refractivity contribution is 0.0696. The van der Waals surface area contributed by atoms with Crippen LogP contribution in [0.25, 0.3) is 10.9 Å². The summed E-state index contributed by atoms with van der Waals surface area (Å²) in [5, 5.41) is 13.3. The van der Waals surface area contributed by atoms with E-state index in [4.69, 9.17) is 28.3 Å². The average molecular weight is 377 g/mol. The first-order chi connectivity index (χ1) is 11.9. The lowest BCUT2D eigenvalue weighted by atomic mass is 10.1. The predicted molar refractivity (Wildman–Crippen MR) is 97.5 cm³/mol. The summed E-state index contributed by atoms with van der Waals surface area (Å²) in [5.74, 6) is -1.24. The van der Waals surface area contributed by atoms with Crippen molar-refractivity contribution in [2.24, 2.45) is 7.05 Å². The summed E-state index contributed by atoms with van der Waals surface area (Å²) in [5.41, 5.74) is 2.28. The number of aromatic nitrogens is 1. The summed E-state index contributed by atoms with van der Waals surface area (Å²) in [6, 6.07) is 11.5. The van der Waals surface area contributed by atoms with Crippen molar-refractivity contribution in [2.75, 3.05) is 0 Å². The van der Waals surface area contributed by atoms with E-state index in [1.165, 1.54) is 12.1 Å². The molecular formula is C18H14Cl2N2O3. The summed E-state index contributed by atoms with van der Waals surface area (Å²) in [7, 11) is 1.78. The number of carboxylic acids is 1. The molecule has 0 aliphatic heterocycles. The Morgan fingerprint density at radius 3 is 2.44 bits per heavy atom. The number of aryl methyl sites for hydroxylation is 1. The van der Waals surface area contributed by atoms with Gasteiger partial charge in [-0.2, -0.15) is 0 Å². The molecule has 0 unspecified atom stereocenters. The fourth-order valence-electron chi connectivity index (χ4n) is 2.61. The van der Waals surface area contributed by atoms with Crippen LogP contribution in [0.1, 0.15) is 26.4 Å². The summed E-state index contributed by atoms with van der Waals surface area (Å²) in [4.78, 5) is 23.3. The molecular weight excluding hydrogens is 363 g/mol. The summed E-state index contributed by atoms with van der Waals surface area (Å²) in [6.45, 7) is 0.286. The first kappa shape index (κ1) is 17.3. The van der Waals surface area contributed by atoms with E-state index >= 15 is 0 Å². The second-order valence-electron chi connectivity index (χ2n) is 5.57. The molecule has 0 fully saturated rings. The van der Waals surface area contributed by atoms with E-state index in [-0.39, 0.29) is 18.0 Å². The van der Waals surface area contributed by atoms with Crippen molar-refractivity contribution in [3.63, 3.8) is 0 Å². The molecule has 1 amide bonds. The van der Waals surface area contributed by atoms with Gasteiger partial charge in [-0.3, -0.25) is 4.79 Å². The maximum Gasteiger partial charge on any atom is 0.335 e. The monoisotopic (exact) mass is 376 g/mol. The third kappa shape index (κ3) is 3.34. The first-order valence-electron chi connectivity index (χ1n) is 7.42. The van der Waals surface area contributed by atoms with Crippen LogP contribution in [0.5, 0.6) is 0 Å². The Labute approximate surface area is 153 Å². The highest BCUT2D eigenvalue weighted by atomic mass is 35.5. The van der Waals surface area contributed by atoms with Crippen LogP contribution in [0.4, 0.5) is 0 Å². The Morgan fingerprint density at radius 1 is 1.12 bits per heavy atom. The second-order valence-corrected chi connectivity index (χ2v) is 6.35. The zero-order chi connectivity index (χ0) is 18.1. The number of aromatic carboxylic acids is 1. The molecule has 2 N–H and O–H groups in total. The number of hydrogen-bond donors (Lipinski definition) is 2. The van der Waals surface area contributed by atoms with Gasteiger partial charge in [0.2, 0.25) is 0 Å². The molecule has 0 atom stereocenters. The number of carbonyl (C=O) groups is 2. The van der Waals surface area contributed by atoms with Gasteiger partial charge in [-0.1, -0.05) is 35.3 Å². The van der Waals surface area contributed by atoms with E-state index in [1.807, 2.05) is 6.07 Å². The van der Waals surface area contributed by atoms with E-state index in [0.29, 0.717) is 21.1 Å². The molecule has 1 heterocycles. The molecule has 3 rings (SSSR count). The number of rotatable bonds is 4. The molecule has 0 saturated carbocycles. The normalized spacial score (nSPS) is 10.8. The molecule has 1 aromatic heterocycles. The van der Waals surface area contributed by atoms with Gasteiger partial charge in [0.15, 0.2) is 0 Å². The van der Waals surface area contributed by atoms with E-state index in [0.717, 1.165) is 11.1 Å². The van der Waals surface area contributed by atoms with Gasteiger partial charge < -0.3 is 15.0 Å². The number of benzene rings is 2. The van der Waals surface area contributed by atoms with Gasteiger partial charge in [0.1, 0.15) is 5.69 Å². The minimum Gasteiger partial charge on any atom is -0.478 e. The van der Waals surface area contributed by atoms with Crippen molar-refractivity contribution in [1.82, 2.24) is 9.88 Å². The second kappa shape index (κ2) is 6.78. The van der Waals surface area contributed by atoms with E-state index < -0.39 is 5.97 Å². The third-order valence-corrected chi connectivity index (χ3v) is 4.82. The van der Waals surface area contributed by atoms with Gasteiger partial charge in [-0.05, 0) is 35.9 Å². The Hall–Kier alpha value is -2.50. The Bertz CT molecular complexity index is 978. The summed E-state index contributed by atoms with van der Waals surface area (Å²) in [6.07, 6.45) is 0. The van der Waals surface area contributed by atoms with Crippen molar-refractivity contribution in [3.8, 4) is 0 Å². The fraction of sp³-hybridized carbons (Fsp3) is 0.111. The van der Waals surface area contributed by atoms with E-state index in [1.54, 1.807) is 35.9 Å². The van der Waals surface area contributed by atoms with E-state index in [9.17, 15) is 9.59 Å². The fourth-order valence-corrected chi connectivity index (χ4v) is 2.98. The number of hydrogen-bond acceptors (Lipinski definition) is 2. The highest BCUT2D eigenvalue weighted by Crippen LogP contribution is 2.32. The SMILES string of the molecule is Cn1c(C(=O)NCc2ccc(C(=O)O)cc2)cc2c(Cl)c(Cl)ccc21. The topological polar surface area (TPSA) is 71.3 Å². The van der Waals surface area contributed by atoms with Gasteiger partial charge in [0.05, 0.1) is 15.6 Å². The Morgan fingerprint density at radius 2 is 1.80 bits per heavy atom. The van der Waals surface area contributed by atoms with Crippen LogP contribution in [0, 0.1) is 0 Å². The van der Waals surface area contributed by atoms with Crippen LogP contribution in [-0.2, 0) is 13.6 Å². The molecule has 0 aliphatic carbocycles. The van der Waals surface area contributed by atoms with Crippen molar-refractivity contribution < 1.29 is 14.7 Å². The van der Waals surface area contributed by atoms with Crippen LogP contribution in [0.2, 0.25) is 10.0 Å². The zero-order valence-corrected chi connectivity index (χ0v) is 14.7. The van der Waals surface area contributed by atoms with Crippen LogP contribution < -0.4 is 5.32 Å². The smallest absolute Gasteiger partial charge is 0.335 e. The van der Waals surface area contributed by atoms with Gasteiger partial charge in [-0.15, -0.1) is 0 Å². The van der Waals surface area contributed by atoms with E-state index in [2.05, 4.69) is 5.32 Å². The number of carboxylic acid groups (broad SMARTS) is 1. The number of nitrogens with zero attached hydrogens (tertiary/aromatic N) is 1. The minimum absolute atomic E-state index is 0.204. The highest BCUT2D eigenvalue weighted by molar-refractivity contribution is 6.45. The largest absolute Gasteiger partial charge is 0.478 e. The highest BCUT2D eigenvalue weighted by Gasteiger charge is 2.16. The number of fused-ring (bicyclic) bond motifs is 1. The third-order valence-electron chi connectivity index (χ3n) is 4.00. The number of amides is 1. The molecule has 25 heavy (non-hydrogen) atoms. The lowest BCUT2D eigenvalue weighted by Gasteiger charge is -2.07. The number of halogens is 2. The van der Waals surface area contributed by atoms with Gasteiger partial charge in [0.25, 0.3) is 5.91 Å². The molecule has 5 nitrogen and oxygen atoms in total. The van der Waals surface area contributed by atoms with Crippen molar-refractivity contribution in [3.05, 3.63) is 69.3 Å². The maximum absolute atomic E-state index is 12.5. The number of carbonyl (C=O) groups excluding carboxylic acids is 1. The predicted octanol–water partition coefficient (Wildman–Crippen LogP) is 4.11. The standard InChI is InChI=1S/C18H14Cl2N2O3/c1-22-14-7-6-13(19)16(20)12(14)8-15(22)17(23)21-9-10-2-4-11(5-3-10)18(24)25/h2-8H,9H2,1H3,(H,21,23)(H,24,25). The van der Waals surface area contributed by atoms with Crippen molar-refractivity contribution >= 4 is 46.0 Å². The van der Waals surface area contributed by atoms with Crippen LogP contribution in [0.3, 0.4) is 0 Å². The zero-order valence-electron chi connectivity index (χ0n) is 13.2. The number of nitrogens with one attached hydrogen (secondary N) is 1. The molecule has 0 aliphatic rings. The Balaban J connectivity index is 1.79. The van der Waals surface area contributed by atoms with Gasteiger partial charge >= 0.3 is 5.97 Å².